The Hall–Kier alpha value is -2.39. The maximum atomic E-state index is 14.7. The second kappa shape index (κ2) is 8.09. The van der Waals surface area contributed by atoms with Crippen molar-refractivity contribution in [3.8, 4) is 0 Å². The second-order valence-electron chi connectivity index (χ2n) is 11.6. The van der Waals surface area contributed by atoms with E-state index in [1.165, 1.54) is 0 Å². The van der Waals surface area contributed by atoms with Gasteiger partial charge in [0.25, 0.3) is 5.91 Å². The second-order valence-corrected chi connectivity index (χ2v) is 14.7. The number of carbonyl (C=O) groups excluding carboxylic acids is 2. The van der Waals surface area contributed by atoms with E-state index in [9.17, 15) is 14.2 Å². The lowest BCUT2D eigenvalue weighted by molar-refractivity contribution is -0.152. The first-order valence-corrected chi connectivity index (χ1v) is 14.0. The number of amides is 1. The molecule has 1 amide bonds. The van der Waals surface area contributed by atoms with Gasteiger partial charge in [0.15, 0.2) is 13.7 Å². The van der Waals surface area contributed by atoms with E-state index in [-0.39, 0.29) is 29.4 Å². The molecule has 2 aromatic rings. The minimum atomic E-state index is -3.30. The average molecular weight is 480 g/mol. The van der Waals surface area contributed by atoms with Gasteiger partial charge in [-0.2, -0.15) is 0 Å². The predicted molar refractivity (Wildman–Crippen MR) is 134 cm³/mol. The molecule has 2 bridgehead atoms. The van der Waals surface area contributed by atoms with E-state index >= 15 is 0 Å². The number of fused-ring (bicyclic) bond motifs is 2. The van der Waals surface area contributed by atoms with Crippen LogP contribution in [0.15, 0.2) is 60.7 Å². The van der Waals surface area contributed by atoms with Crippen molar-refractivity contribution in [2.45, 2.75) is 64.1 Å². The Morgan fingerprint density at radius 2 is 1.50 bits per heavy atom. The molecule has 3 fully saturated rings. The molecule has 2 unspecified atom stereocenters. The summed E-state index contributed by atoms with van der Waals surface area (Å²) < 4.78 is 20.4. The molecule has 1 aliphatic heterocycles. The molecule has 2 aliphatic carbocycles. The zero-order valence-corrected chi connectivity index (χ0v) is 21.2. The zero-order chi connectivity index (χ0) is 24.2. The zero-order valence-electron chi connectivity index (χ0n) is 20.3. The van der Waals surface area contributed by atoms with E-state index in [1.54, 1.807) is 0 Å². The van der Waals surface area contributed by atoms with Gasteiger partial charge in [0.05, 0.1) is 0 Å². The lowest BCUT2D eigenvalue weighted by Crippen LogP contribution is -2.41. The van der Waals surface area contributed by atoms with Crippen LogP contribution in [-0.4, -0.2) is 41.1 Å². The molecule has 5 nitrogen and oxygen atoms in total. The number of likely N-dealkylation sites (tertiary alicyclic amines) is 1. The van der Waals surface area contributed by atoms with Crippen LogP contribution < -0.4 is 10.6 Å². The maximum Gasteiger partial charge on any atom is 0.320 e. The molecule has 0 N–H and O–H groups in total. The van der Waals surface area contributed by atoms with E-state index in [1.807, 2.05) is 65.6 Å². The first kappa shape index (κ1) is 23.4. The lowest BCUT2D eigenvalue weighted by Gasteiger charge is -2.39. The fourth-order valence-corrected chi connectivity index (χ4v) is 10.3. The van der Waals surface area contributed by atoms with Crippen LogP contribution in [0.25, 0.3) is 0 Å². The van der Waals surface area contributed by atoms with Gasteiger partial charge in [-0.15, -0.1) is 0 Å². The molecule has 1 saturated heterocycles. The van der Waals surface area contributed by atoms with Crippen LogP contribution in [0.1, 0.15) is 52.9 Å². The summed E-state index contributed by atoms with van der Waals surface area (Å²) in [5, 5.41) is 0.223. The highest BCUT2D eigenvalue weighted by atomic mass is 31.2. The van der Waals surface area contributed by atoms with E-state index < -0.39 is 18.3 Å². The summed E-state index contributed by atoms with van der Waals surface area (Å²) in [6.07, 6.45) is 4.08. The number of ether oxygens (including phenoxy) is 1. The Balaban J connectivity index is 1.35. The van der Waals surface area contributed by atoms with Gasteiger partial charge in [-0.1, -0.05) is 81.4 Å². The van der Waals surface area contributed by atoms with Gasteiger partial charge in [0.2, 0.25) is 0 Å². The van der Waals surface area contributed by atoms with Crippen LogP contribution in [-0.2, 0) is 18.9 Å². The molecule has 0 radical (unpaired) electrons. The molecule has 0 spiro atoms. The van der Waals surface area contributed by atoms with Gasteiger partial charge in [-0.25, -0.2) is 0 Å². The number of hydrogen-bond donors (Lipinski definition) is 0. The summed E-state index contributed by atoms with van der Waals surface area (Å²) in [5.41, 5.74) is 0.333. The molecular formula is C28H34NO4P. The Bertz CT molecular complexity index is 1100. The quantitative estimate of drug-likeness (QED) is 0.452. The van der Waals surface area contributed by atoms with E-state index in [0.29, 0.717) is 23.5 Å². The highest BCUT2D eigenvalue weighted by Crippen LogP contribution is 2.68. The fraction of sp³-hybridized carbons (Fsp3) is 0.500. The van der Waals surface area contributed by atoms with Gasteiger partial charge >= 0.3 is 5.97 Å². The Morgan fingerprint density at radius 3 is 2.03 bits per heavy atom. The predicted octanol–water partition coefficient (Wildman–Crippen LogP) is 4.50. The normalized spacial score (nSPS) is 26.7. The van der Waals surface area contributed by atoms with Crippen LogP contribution in [0.3, 0.4) is 0 Å². The first-order valence-electron chi connectivity index (χ1n) is 12.3. The molecule has 6 heteroatoms. The van der Waals surface area contributed by atoms with Gasteiger partial charge in [0, 0.05) is 23.2 Å². The largest absolute Gasteiger partial charge is 0.455 e. The van der Waals surface area contributed by atoms with Crippen molar-refractivity contribution >= 4 is 29.6 Å². The standard InChI is InChI=1S/C28H34NO4P/c1-26(2)16-21-17-27(3,19-26)20-29(21)24(30)18-33-25(31)28(14-15-28)34(32,22-10-6-4-7-11-22)23-12-8-5-9-13-23/h4-13,21H,14-20H2,1-3H3. The lowest BCUT2D eigenvalue weighted by atomic mass is 9.65. The van der Waals surface area contributed by atoms with Crippen molar-refractivity contribution < 1.29 is 18.9 Å². The molecule has 5 rings (SSSR count). The average Bonchev–Trinajstić information content (AvgIpc) is 3.58. The summed E-state index contributed by atoms with van der Waals surface area (Å²) in [5.74, 6) is -0.643. The van der Waals surface area contributed by atoms with Gasteiger partial charge in [-0.3, -0.25) is 9.59 Å². The Morgan fingerprint density at radius 1 is 0.941 bits per heavy atom. The van der Waals surface area contributed by atoms with Crippen LogP contribution >= 0.6 is 7.14 Å². The van der Waals surface area contributed by atoms with Gasteiger partial charge in [0.1, 0.15) is 5.16 Å². The van der Waals surface area contributed by atoms with Crippen molar-refractivity contribution in [1.82, 2.24) is 4.90 Å². The van der Waals surface area contributed by atoms with Crippen molar-refractivity contribution in [2.75, 3.05) is 13.2 Å². The number of carbonyl (C=O) groups is 2. The Kier molecular flexibility index (Phi) is 5.55. The molecule has 2 atom stereocenters. The molecule has 1 heterocycles. The topological polar surface area (TPSA) is 63.7 Å². The van der Waals surface area contributed by atoms with E-state index in [4.69, 9.17) is 4.74 Å². The van der Waals surface area contributed by atoms with Gasteiger partial charge < -0.3 is 14.2 Å². The minimum absolute atomic E-state index is 0.125. The summed E-state index contributed by atoms with van der Waals surface area (Å²) in [4.78, 5) is 28.6. The molecule has 3 aliphatic rings. The third-order valence-corrected chi connectivity index (χ3v) is 11.9. The molecule has 2 aromatic carbocycles. The third-order valence-electron chi connectivity index (χ3n) is 8.01. The summed E-state index contributed by atoms with van der Waals surface area (Å²) >= 11 is 0. The van der Waals surface area contributed by atoms with Crippen LogP contribution in [0.4, 0.5) is 0 Å². The molecule has 34 heavy (non-hydrogen) atoms. The summed E-state index contributed by atoms with van der Waals surface area (Å²) in [7, 11) is -3.30. The van der Waals surface area contributed by atoms with Crippen molar-refractivity contribution in [2.24, 2.45) is 10.8 Å². The monoisotopic (exact) mass is 479 g/mol. The number of esters is 1. The van der Waals surface area contributed by atoms with Crippen molar-refractivity contribution in [3.63, 3.8) is 0 Å². The summed E-state index contributed by atoms with van der Waals surface area (Å²) in [6, 6.07) is 18.7. The summed E-state index contributed by atoms with van der Waals surface area (Å²) in [6.45, 7) is 7.24. The SMILES string of the molecule is CC1(C)CC2CC(C)(CN2C(=O)COC(=O)C2(P(=O)(c3ccccc3)c3ccccc3)CC2)C1. The number of benzene rings is 2. The van der Waals surface area contributed by atoms with Crippen LogP contribution in [0.2, 0.25) is 0 Å². The van der Waals surface area contributed by atoms with E-state index in [2.05, 4.69) is 20.8 Å². The Labute approximate surface area is 202 Å². The third kappa shape index (κ3) is 3.82. The molecular weight excluding hydrogens is 445 g/mol. The molecule has 180 valence electrons. The highest BCUT2D eigenvalue weighted by molar-refractivity contribution is 7.81. The number of rotatable bonds is 6. The minimum Gasteiger partial charge on any atom is -0.455 e. The number of hydrogen-bond acceptors (Lipinski definition) is 4. The fourth-order valence-electron chi connectivity index (χ4n) is 6.78. The smallest absolute Gasteiger partial charge is 0.320 e. The van der Waals surface area contributed by atoms with Gasteiger partial charge in [-0.05, 0) is 42.9 Å². The van der Waals surface area contributed by atoms with Crippen molar-refractivity contribution in [1.29, 1.82) is 0 Å². The van der Waals surface area contributed by atoms with E-state index in [0.717, 1.165) is 25.8 Å². The van der Waals surface area contributed by atoms with Crippen molar-refractivity contribution in [3.05, 3.63) is 60.7 Å². The van der Waals surface area contributed by atoms with Crippen LogP contribution in [0, 0.1) is 10.8 Å². The highest BCUT2D eigenvalue weighted by Gasteiger charge is 2.65. The molecule has 0 aromatic heterocycles. The first-order chi connectivity index (χ1) is 16.1. The number of nitrogens with zero attached hydrogens (tertiary/aromatic N) is 1. The molecule has 2 saturated carbocycles. The maximum absolute atomic E-state index is 14.7. The van der Waals surface area contributed by atoms with Crippen LogP contribution in [0.5, 0.6) is 0 Å².